The second-order valence-electron chi connectivity index (χ2n) is 5.35. The molecular formula is C14H17F2NO2. The molecule has 0 atom stereocenters. The molecule has 3 rings (SSSR count). The zero-order valence-corrected chi connectivity index (χ0v) is 10.6. The fourth-order valence-electron chi connectivity index (χ4n) is 3.20. The van der Waals surface area contributed by atoms with Gasteiger partial charge in [0.1, 0.15) is 0 Å². The van der Waals surface area contributed by atoms with E-state index in [1.165, 1.54) is 12.5 Å². The molecule has 1 saturated carbocycles. The minimum atomic E-state index is -3.57. The zero-order chi connectivity index (χ0) is 13.5. The van der Waals surface area contributed by atoms with Crippen LogP contribution < -0.4 is 15.2 Å². The summed E-state index contributed by atoms with van der Waals surface area (Å²) in [6, 6.07) is 5.07. The number of alkyl halides is 2. The van der Waals surface area contributed by atoms with Crippen LogP contribution in [0.25, 0.3) is 0 Å². The van der Waals surface area contributed by atoms with Gasteiger partial charge in [0.15, 0.2) is 11.5 Å². The zero-order valence-electron chi connectivity index (χ0n) is 10.6. The molecule has 19 heavy (non-hydrogen) atoms. The van der Waals surface area contributed by atoms with Gasteiger partial charge in [-0.25, -0.2) is 0 Å². The summed E-state index contributed by atoms with van der Waals surface area (Å²) in [6.07, 6.45) is 1.56. The Hall–Kier alpha value is -1.36. The fraction of sp³-hybridized carbons (Fsp3) is 0.571. The first-order valence-corrected chi connectivity index (χ1v) is 6.66. The Labute approximate surface area is 110 Å². The molecule has 0 radical (unpaired) electrons. The molecule has 0 unspecified atom stereocenters. The average molecular weight is 269 g/mol. The number of hydrogen-bond donors (Lipinski definition) is 1. The number of benzene rings is 1. The van der Waals surface area contributed by atoms with Gasteiger partial charge in [-0.2, -0.15) is 0 Å². The molecule has 1 aliphatic heterocycles. The van der Waals surface area contributed by atoms with Crippen molar-refractivity contribution < 1.29 is 18.3 Å². The summed E-state index contributed by atoms with van der Waals surface area (Å²) in [6.45, 7) is 0.443. The van der Waals surface area contributed by atoms with Crippen LogP contribution in [0.5, 0.6) is 11.5 Å². The van der Waals surface area contributed by atoms with Crippen molar-refractivity contribution in [2.45, 2.75) is 43.8 Å². The Kier molecular flexibility index (Phi) is 2.89. The van der Waals surface area contributed by atoms with E-state index in [-0.39, 0.29) is 16.9 Å². The van der Waals surface area contributed by atoms with E-state index < -0.39 is 6.29 Å². The van der Waals surface area contributed by atoms with Gasteiger partial charge in [-0.3, -0.25) is 0 Å². The summed E-state index contributed by atoms with van der Waals surface area (Å²) >= 11 is 0. The number of hydrogen-bond acceptors (Lipinski definition) is 3. The molecule has 2 aliphatic rings. The van der Waals surface area contributed by atoms with Crippen molar-refractivity contribution in [3.8, 4) is 11.5 Å². The molecule has 1 aromatic rings. The molecular weight excluding hydrogens is 252 g/mol. The molecule has 1 aromatic carbocycles. The lowest BCUT2D eigenvalue weighted by Gasteiger charge is -2.37. The second-order valence-corrected chi connectivity index (χ2v) is 5.35. The van der Waals surface area contributed by atoms with Crippen molar-refractivity contribution in [3.05, 3.63) is 23.8 Å². The van der Waals surface area contributed by atoms with Gasteiger partial charge in [-0.05, 0) is 18.9 Å². The van der Waals surface area contributed by atoms with E-state index in [0.29, 0.717) is 6.54 Å². The lowest BCUT2D eigenvalue weighted by molar-refractivity contribution is -0.287. The van der Waals surface area contributed by atoms with Crippen molar-refractivity contribution in [2.24, 2.45) is 5.73 Å². The van der Waals surface area contributed by atoms with Crippen LogP contribution in [-0.2, 0) is 5.41 Å². The number of rotatable bonds is 2. The molecule has 1 fully saturated rings. The Morgan fingerprint density at radius 1 is 1.11 bits per heavy atom. The van der Waals surface area contributed by atoms with Crippen LogP contribution in [0, 0.1) is 0 Å². The smallest absolute Gasteiger partial charge is 0.395 e. The van der Waals surface area contributed by atoms with Crippen LogP contribution in [0.1, 0.15) is 37.7 Å². The highest BCUT2D eigenvalue weighted by molar-refractivity contribution is 5.52. The number of fused-ring (bicyclic) bond motifs is 1. The van der Waals surface area contributed by atoms with Crippen LogP contribution in [0.2, 0.25) is 0 Å². The third-order valence-corrected chi connectivity index (χ3v) is 4.20. The quantitative estimate of drug-likeness (QED) is 0.896. The molecule has 3 nitrogen and oxygen atoms in total. The normalized spacial score (nSPS) is 23.3. The number of ether oxygens (including phenoxy) is 2. The number of nitrogens with two attached hydrogens (primary N) is 1. The summed E-state index contributed by atoms with van der Waals surface area (Å²) in [5.74, 6) is 0.278. The lowest BCUT2D eigenvalue weighted by atomic mass is 9.69. The van der Waals surface area contributed by atoms with Crippen molar-refractivity contribution in [1.29, 1.82) is 0 Å². The molecule has 0 aromatic heterocycles. The molecule has 0 spiro atoms. The largest absolute Gasteiger partial charge is 0.586 e. The molecule has 104 valence electrons. The maximum Gasteiger partial charge on any atom is 0.586 e. The predicted molar refractivity (Wildman–Crippen MR) is 66.5 cm³/mol. The Balaban J connectivity index is 2.04. The van der Waals surface area contributed by atoms with Crippen LogP contribution >= 0.6 is 0 Å². The van der Waals surface area contributed by atoms with Crippen molar-refractivity contribution in [1.82, 2.24) is 0 Å². The van der Waals surface area contributed by atoms with E-state index >= 15 is 0 Å². The fourth-order valence-corrected chi connectivity index (χ4v) is 3.20. The third-order valence-electron chi connectivity index (χ3n) is 4.20. The van der Waals surface area contributed by atoms with Gasteiger partial charge < -0.3 is 15.2 Å². The van der Waals surface area contributed by atoms with E-state index in [2.05, 4.69) is 4.74 Å². The first kappa shape index (κ1) is 12.7. The molecule has 1 aliphatic carbocycles. The first-order valence-electron chi connectivity index (χ1n) is 6.66. The van der Waals surface area contributed by atoms with Gasteiger partial charge in [0.2, 0.25) is 0 Å². The van der Waals surface area contributed by atoms with Crippen LogP contribution in [0.4, 0.5) is 8.78 Å². The molecule has 0 amide bonds. The van der Waals surface area contributed by atoms with Gasteiger partial charge in [0, 0.05) is 17.5 Å². The molecule has 5 heteroatoms. The van der Waals surface area contributed by atoms with Gasteiger partial charge >= 0.3 is 6.29 Å². The summed E-state index contributed by atoms with van der Waals surface area (Å²) in [5.41, 5.74) is 6.46. The Morgan fingerprint density at radius 3 is 2.53 bits per heavy atom. The van der Waals surface area contributed by atoms with Crippen LogP contribution in [-0.4, -0.2) is 12.8 Å². The second kappa shape index (κ2) is 4.34. The molecule has 2 N–H and O–H groups in total. The topological polar surface area (TPSA) is 44.5 Å². The summed E-state index contributed by atoms with van der Waals surface area (Å²) in [4.78, 5) is 0. The van der Waals surface area contributed by atoms with Crippen molar-refractivity contribution in [3.63, 3.8) is 0 Å². The van der Waals surface area contributed by atoms with E-state index in [1.54, 1.807) is 6.07 Å². The summed E-state index contributed by atoms with van der Waals surface area (Å²) in [5, 5.41) is 0. The molecule has 0 saturated heterocycles. The van der Waals surface area contributed by atoms with Gasteiger partial charge in [0.05, 0.1) is 0 Å². The minimum Gasteiger partial charge on any atom is -0.395 e. The van der Waals surface area contributed by atoms with Crippen LogP contribution in [0.15, 0.2) is 18.2 Å². The van der Waals surface area contributed by atoms with Gasteiger partial charge in [-0.1, -0.05) is 31.4 Å². The van der Waals surface area contributed by atoms with Crippen molar-refractivity contribution in [2.75, 3.05) is 6.54 Å². The average Bonchev–Trinajstić information content (AvgIpc) is 2.73. The molecule has 1 heterocycles. The highest BCUT2D eigenvalue weighted by Gasteiger charge is 2.47. The van der Waals surface area contributed by atoms with E-state index in [4.69, 9.17) is 10.5 Å². The monoisotopic (exact) mass is 269 g/mol. The minimum absolute atomic E-state index is 0.112. The maximum absolute atomic E-state index is 13.2. The number of para-hydroxylation sites is 1. The first-order chi connectivity index (χ1) is 9.06. The van der Waals surface area contributed by atoms with Gasteiger partial charge in [0.25, 0.3) is 0 Å². The third kappa shape index (κ3) is 2.06. The summed E-state index contributed by atoms with van der Waals surface area (Å²) in [7, 11) is 0. The highest BCUT2D eigenvalue weighted by Crippen LogP contribution is 2.50. The lowest BCUT2D eigenvalue weighted by Crippen LogP contribution is -2.37. The Bertz CT molecular complexity index is 484. The Morgan fingerprint density at radius 2 is 1.84 bits per heavy atom. The van der Waals surface area contributed by atoms with E-state index in [1.807, 2.05) is 6.07 Å². The highest BCUT2D eigenvalue weighted by atomic mass is 19.3. The van der Waals surface area contributed by atoms with Crippen molar-refractivity contribution >= 4 is 0 Å². The van der Waals surface area contributed by atoms with E-state index in [0.717, 1.165) is 31.2 Å². The SMILES string of the molecule is NCC1(c2cccc3c2OC(F)(F)O3)CCCCC1. The standard InChI is InChI=1S/C14H17F2NO2/c15-14(16)18-11-6-4-5-10(12(11)19-14)13(9-17)7-2-1-3-8-13/h4-6H,1-3,7-9,17H2. The molecule has 0 bridgehead atoms. The van der Waals surface area contributed by atoms with E-state index in [9.17, 15) is 8.78 Å². The summed E-state index contributed by atoms with van der Waals surface area (Å²) < 4.78 is 35.7. The number of halogens is 2. The van der Waals surface area contributed by atoms with Crippen LogP contribution in [0.3, 0.4) is 0 Å². The predicted octanol–water partition coefficient (Wildman–Crippen LogP) is 3.17. The van der Waals surface area contributed by atoms with Gasteiger partial charge in [-0.15, -0.1) is 8.78 Å². The maximum atomic E-state index is 13.2.